The Morgan fingerprint density at radius 2 is 1.31 bits per heavy atom. The first-order chi connectivity index (χ1) is 24.8. The number of nitrogens with zero attached hydrogens (tertiary/aromatic N) is 1. The van der Waals surface area contributed by atoms with E-state index in [1.165, 1.54) is 32.1 Å². The van der Waals surface area contributed by atoms with E-state index >= 15 is 0 Å². The van der Waals surface area contributed by atoms with Gasteiger partial charge in [-0.15, -0.1) is 23.6 Å². The maximum absolute atomic E-state index is 14.2. The Bertz CT molecular complexity index is 2590. The molecule has 0 atom stereocenters. The molecule has 0 aliphatic rings. The van der Waals surface area contributed by atoms with Gasteiger partial charge in [0.25, 0.3) is 0 Å². The second-order valence-corrected chi connectivity index (χ2v) is 24.6. The fourth-order valence-corrected chi connectivity index (χ4v) is 9.01. The quantitative estimate of drug-likeness (QED) is 0.0477. The van der Waals surface area contributed by atoms with Crippen molar-refractivity contribution < 1.29 is 56.3 Å². The average molecular weight is 976 g/mol. The van der Waals surface area contributed by atoms with Crippen molar-refractivity contribution >= 4 is 66.5 Å². The average Bonchev–Trinajstić information content (AvgIpc) is 3.08. The van der Waals surface area contributed by atoms with Gasteiger partial charge in [-0.25, -0.2) is 0 Å². The molecule has 0 bridgehead atoms. The molecule has 1 heterocycles. The van der Waals surface area contributed by atoms with Gasteiger partial charge in [-0.2, -0.15) is 13.2 Å². The van der Waals surface area contributed by atoms with Crippen LogP contribution in [0.25, 0.3) is 65.5 Å². The summed E-state index contributed by atoms with van der Waals surface area (Å²) < 4.78 is 85.8. The maximum atomic E-state index is 14.2. The maximum Gasteiger partial charge on any atom is 0 e. The van der Waals surface area contributed by atoms with Gasteiger partial charge in [0.15, 0.2) is 5.78 Å². The summed E-state index contributed by atoms with van der Waals surface area (Å²) in [5.41, 5.74) is -0.133. The van der Waals surface area contributed by atoms with Gasteiger partial charge >= 0.3 is 176 Å². The predicted octanol–water partition coefficient (Wildman–Crippen LogP) is 12.4. The largest absolute Gasteiger partial charge is 0 e. The number of pyridine rings is 1. The van der Waals surface area contributed by atoms with Crippen LogP contribution in [0.5, 0.6) is 0 Å². The van der Waals surface area contributed by atoms with E-state index in [0.29, 0.717) is 22.0 Å². The van der Waals surface area contributed by atoms with Crippen LogP contribution in [0.1, 0.15) is 25.0 Å². The van der Waals surface area contributed by atoms with Crippen molar-refractivity contribution in [1.29, 1.82) is 0 Å². The normalized spacial score (nSPS) is 12.5. The van der Waals surface area contributed by atoms with Crippen LogP contribution in [0.4, 0.5) is 26.3 Å². The number of aromatic nitrogens is 1. The van der Waals surface area contributed by atoms with Crippen molar-refractivity contribution in [3.05, 3.63) is 132 Å². The first-order valence-corrected chi connectivity index (χ1v) is 24.0. The molecule has 1 N–H and O–H groups in total. The van der Waals surface area contributed by atoms with Crippen LogP contribution >= 0.6 is 0 Å². The standard InChI is InChI=1S/C38H26F6GeN.C5H8O2.Ir/c1-45(2,3)26-10-13-29(35(21-26)38(42,43)44)24-8-11-27-23(18-24)9-12-31-30(27)14-15-33-32(31)16-17-46-36(33)25-19-22-6-4-5-7-28(22)34(20-25)37(39,40)41;1-4(6)3-5(2)7;/h4-18,20-21H,1-3H3;3,6H,1-2H3;/q-1;;/b;4-3-;. The summed E-state index contributed by atoms with van der Waals surface area (Å²) in [5.74, 6) is 6.14. The van der Waals surface area contributed by atoms with E-state index < -0.39 is 36.7 Å². The number of allylic oxidation sites excluding steroid dienone is 2. The van der Waals surface area contributed by atoms with Gasteiger partial charge in [0.05, 0.1) is 5.76 Å². The number of ketones is 1. The van der Waals surface area contributed by atoms with Gasteiger partial charge < -0.3 is 5.11 Å². The molecule has 7 rings (SSSR count). The van der Waals surface area contributed by atoms with Gasteiger partial charge in [0, 0.05) is 38.1 Å². The van der Waals surface area contributed by atoms with E-state index in [1.54, 1.807) is 42.6 Å². The molecule has 11 heteroatoms. The zero-order valence-corrected chi connectivity index (χ0v) is 34.3. The van der Waals surface area contributed by atoms with Gasteiger partial charge in [-0.3, -0.25) is 9.78 Å². The van der Waals surface area contributed by atoms with Crippen LogP contribution in [0.15, 0.2) is 115 Å². The van der Waals surface area contributed by atoms with Crippen LogP contribution in [0.2, 0.25) is 17.3 Å². The van der Waals surface area contributed by atoms with Crippen molar-refractivity contribution in [2.75, 3.05) is 0 Å². The number of carbonyl (C=O) groups excluding carboxylic acids is 1. The van der Waals surface area contributed by atoms with Crippen molar-refractivity contribution in [2.45, 2.75) is 43.5 Å². The Kier molecular flexibility index (Phi) is 11.5. The first kappa shape index (κ1) is 40.7. The minimum Gasteiger partial charge on any atom is 0 e. The van der Waals surface area contributed by atoms with Crippen LogP contribution in [-0.4, -0.2) is 29.1 Å². The van der Waals surface area contributed by atoms with E-state index in [9.17, 15) is 31.1 Å². The summed E-state index contributed by atoms with van der Waals surface area (Å²) in [6.45, 7) is 2.85. The van der Waals surface area contributed by atoms with E-state index in [1.807, 2.05) is 42.5 Å². The third-order valence-electron chi connectivity index (χ3n) is 9.01. The number of aliphatic hydroxyl groups excluding tert-OH is 1. The second-order valence-electron chi connectivity index (χ2n) is 14.0. The third-order valence-corrected chi connectivity index (χ3v) is 13.3. The van der Waals surface area contributed by atoms with Gasteiger partial charge in [0.2, 0.25) is 0 Å². The Balaban J connectivity index is 0.000000641. The number of halogens is 6. The van der Waals surface area contributed by atoms with Crippen LogP contribution in [0.3, 0.4) is 0 Å². The SMILES string of the molecule is CC(=O)/C=C(/C)O.[CH3][Ge]([CH3])([CH3])[c]1ccc(-c2ccc3c(ccc4c5ccnc(-c6[c-]c7ccccc7c(C(F)(F)F)c6)c5ccc34)c2)c(C(F)(F)F)c1.[Ir]. The zero-order chi connectivity index (χ0) is 38.5. The van der Waals surface area contributed by atoms with Gasteiger partial charge in [-0.1, -0.05) is 29.1 Å². The minimum atomic E-state index is -4.56. The third kappa shape index (κ3) is 8.41. The Hall–Kier alpha value is -4.51. The molecule has 0 unspecified atom stereocenters. The van der Waals surface area contributed by atoms with Crippen molar-refractivity contribution in [2.24, 2.45) is 0 Å². The molecular weight excluding hydrogens is 941 g/mol. The first-order valence-electron chi connectivity index (χ1n) is 16.7. The number of rotatable bonds is 4. The number of hydrogen-bond acceptors (Lipinski definition) is 3. The molecule has 0 saturated heterocycles. The molecule has 0 saturated carbocycles. The molecule has 6 aromatic carbocycles. The summed E-state index contributed by atoms with van der Waals surface area (Å²) in [7, 11) is 0. The number of alkyl halides is 6. The topological polar surface area (TPSA) is 50.2 Å². The van der Waals surface area contributed by atoms with Crippen LogP contribution in [-0.2, 0) is 37.3 Å². The fraction of sp³-hybridized carbons (Fsp3) is 0.163. The molecule has 0 aliphatic carbocycles. The number of fused-ring (bicyclic) bond motifs is 6. The molecular formula is C43H34F6GeIrNO2-. The van der Waals surface area contributed by atoms with Crippen molar-refractivity contribution in [3.63, 3.8) is 0 Å². The summed E-state index contributed by atoms with van der Waals surface area (Å²) in [6, 6.07) is 29.9. The number of carbonyl (C=O) groups is 1. The Morgan fingerprint density at radius 3 is 1.94 bits per heavy atom. The van der Waals surface area contributed by atoms with Crippen LogP contribution < -0.4 is 4.40 Å². The van der Waals surface area contributed by atoms with Crippen molar-refractivity contribution in [3.8, 4) is 22.4 Å². The molecule has 54 heavy (non-hydrogen) atoms. The monoisotopic (exact) mass is 977 g/mol. The number of aliphatic hydroxyl groups is 1. The van der Waals surface area contributed by atoms with Gasteiger partial charge in [-0.05, 0) is 19.4 Å². The Morgan fingerprint density at radius 1 is 0.704 bits per heavy atom. The molecule has 7 aromatic rings. The van der Waals surface area contributed by atoms with E-state index in [4.69, 9.17) is 5.11 Å². The van der Waals surface area contributed by atoms with Crippen LogP contribution in [0, 0.1) is 6.07 Å². The van der Waals surface area contributed by atoms with E-state index in [2.05, 4.69) is 28.3 Å². The molecule has 1 radical (unpaired) electrons. The number of hydrogen-bond donors (Lipinski definition) is 1. The summed E-state index contributed by atoms with van der Waals surface area (Å²) in [4.78, 5) is 14.5. The molecule has 3 nitrogen and oxygen atoms in total. The summed E-state index contributed by atoms with van der Waals surface area (Å²) in [6.07, 6.45) is -6.31. The molecule has 279 valence electrons. The fourth-order valence-electron chi connectivity index (χ4n) is 6.58. The van der Waals surface area contributed by atoms with Gasteiger partial charge in [0.1, 0.15) is 0 Å². The second kappa shape index (κ2) is 15.3. The summed E-state index contributed by atoms with van der Waals surface area (Å²) in [5, 5.41) is 13.6. The molecule has 0 fully saturated rings. The zero-order valence-electron chi connectivity index (χ0n) is 29.8. The summed E-state index contributed by atoms with van der Waals surface area (Å²) >= 11 is -2.51. The predicted molar refractivity (Wildman–Crippen MR) is 204 cm³/mol. The smallest absolute Gasteiger partial charge is 0 e. The molecule has 0 spiro atoms. The molecule has 1 aromatic heterocycles. The molecule has 0 aliphatic heterocycles. The van der Waals surface area contributed by atoms with E-state index in [-0.39, 0.29) is 48.2 Å². The number of benzene rings is 6. The van der Waals surface area contributed by atoms with Crippen molar-refractivity contribution in [1.82, 2.24) is 4.98 Å². The Labute approximate surface area is 324 Å². The molecule has 0 amide bonds. The minimum absolute atomic E-state index is 0. The van der Waals surface area contributed by atoms with E-state index in [0.717, 1.165) is 37.4 Å².